The van der Waals surface area contributed by atoms with Gasteiger partial charge in [-0.2, -0.15) is 0 Å². The molecular weight excluding hydrogens is 298 g/mol. The van der Waals surface area contributed by atoms with Crippen LogP contribution in [0.2, 0.25) is 0 Å². The summed E-state index contributed by atoms with van der Waals surface area (Å²) in [6, 6.07) is 8.39. The fraction of sp³-hybridized carbons (Fsp3) is 0.667. The lowest BCUT2D eigenvalue weighted by Crippen LogP contribution is -2.35. The van der Waals surface area contributed by atoms with Crippen molar-refractivity contribution in [3.63, 3.8) is 0 Å². The molecule has 0 N–H and O–H groups in total. The van der Waals surface area contributed by atoms with Crippen LogP contribution in [0.5, 0.6) is 0 Å². The molecule has 3 nitrogen and oxygen atoms in total. The zero-order valence-corrected chi connectivity index (χ0v) is 16.3. The van der Waals surface area contributed by atoms with Gasteiger partial charge in [-0.3, -0.25) is 4.79 Å². The minimum atomic E-state index is -0.219. The van der Waals surface area contributed by atoms with Crippen LogP contribution in [0.3, 0.4) is 0 Å². The predicted octanol–water partition coefficient (Wildman–Crippen LogP) is 4.65. The Kier molecular flexibility index (Phi) is 9.05. The first-order valence-corrected chi connectivity index (χ1v) is 9.42. The molecule has 3 heteroatoms. The smallest absolute Gasteiger partial charge is 0.313 e. The lowest BCUT2D eigenvalue weighted by Gasteiger charge is -2.25. The second-order valence-corrected chi connectivity index (χ2v) is 7.01. The molecule has 0 radical (unpaired) electrons. The van der Waals surface area contributed by atoms with Gasteiger partial charge in [0.2, 0.25) is 0 Å². The van der Waals surface area contributed by atoms with Gasteiger partial charge in [0.25, 0.3) is 0 Å². The average molecular weight is 334 g/mol. The Labute approximate surface area is 148 Å². The zero-order valence-electron chi connectivity index (χ0n) is 16.3. The first-order chi connectivity index (χ1) is 11.4. The highest BCUT2D eigenvalue weighted by atomic mass is 16.5. The lowest BCUT2D eigenvalue weighted by atomic mass is 9.97. The third-order valence-corrected chi connectivity index (χ3v) is 4.57. The van der Waals surface area contributed by atoms with E-state index < -0.39 is 0 Å². The number of likely N-dealkylation sites (N-methyl/N-ethyl adjacent to an activating group) is 1. The Morgan fingerprint density at radius 1 is 1.04 bits per heavy atom. The van der Waals surface area contributed by atoms with Crippen LogP contribution in [0, 0.1) is 5.92 Å². The normalized spacial score (nSPS) is 14.0. The second-order valence-electron chi connectivity index (χ2n) is 7.01. The van der Waals surface area contributed by atoms with E-state index in [-0.39, 0.29) is 18.0 Å². The van der Waals surface area contributed by atoms with E-state index >= 15 is 0 Å². The van der Waals surface area contributed by atoms with E-state index in [4.69, 9.17) is 4.74 Å². The first kappa shape index (κ1) is 20.7. The molecule has 0 aliphatic heterocycles. The molecule has 0 amide bonds. The Morgan fingerprint density at radius 3 is 2.08 bits per heavy atom. The van der Waals surface area contributed by atoms with Gasteiger partial charge in [0.15, 0.2) is 0 Å². The number of benzene rings is 1. The Hall–Kier alpha value is -1.35. The molecule has 136 valence electrons. The largest absolute Gasteiger partial charge is 0.461 e. The van der Waals surface area contributed by atoms with Crippen LogP contribution in [0.25, 0.3) is 0 Å². The molecule has 24 heavy (non-hydrogen) atoms. The molecule has 1 aromatic rings. The molecule has 2 atom stereocenters. The number of hydrogen-bond donors (Lipinski definition) is 0. The molecule has 0 fully saturated rings. The van der Waals surface area contributed by atoms with E-state index in [2.05, 4.69) is 63.8 Å². The summed E-state index contributed by atoms with van der Waals surface area (Å²) >= 11 is 0. The summed E-state index contributed by atoms with van der Waals surface area (Å²) in [5, 5.41) is 0. The highest BCUT2D eigenvalue weighted by Gasteiger charge is 2.21. The molecule has 2 unspecified atom stereocenters. The van der Waals surface area contributed by atoms with Crippen molar-refractivity contribution in [1.29, 1.82) is 0 Å². The van der Waals surface area contributed by atoms with Crippen LogP contribution in [0.1, 0.15) is 65.0 Å². The number of nitrogens with zero attached hydrogens (tertiary/aromatic N) is 1. The summed E-state index contributed by atoms with van der Waals surface area (Å²) in [5.41, 5.74) is 2.35. The van der Waals surface area contributed by atoms with Crippen molar-refractivity contribution in [1.82, 2.24) is 4.90 Å². The van der Waals surface area contributed by atoms with Crippen molar-refractivity contribution in [3.8, 4) is 0 Å². The van der Waals surface area contributed by atoms with E-state index in [0.717, 1.165) is 38.0 Å². The van der Waals surface area contributed by atoms with E-state index in [9.17, 15) is 4.79 Å². The molecule has 0 bridgehead atoms. The van der Waals surface area contributed by atoms with Crippen molar-refractivity contribution in [2.75, 3.05) is 19.6 Å². The third-order valence-electron chi connectivity index (χ3n) is 4.57. The van der Waals surface area contributed by atoms with Crippen LogP contribution >= 0.6 is 0 Å². The van der Waals surface area contributed by atoms with Crippen molar-refractivity contribution in [2.45, 2.75) is 66.4 Å². The highest BCUT2D eigenvalue weighted by Crippen LogP contribution is 2.20. The van der Waals surface area contributed by atoms with Gasteiger partial charge >= 0.3 is 5.97 Å². The monoisotopic (exact) mass is 333 g/mol. The van der Waals surface area contributed by atoms with Gasteiger partial charge in [-0.25, -0.2) is 0 Å². The SMILES string of the molecule is CCC(CN(CC)CC)OC(=O)C(C)c1ccc(CC(C)C)cc1. The van der Waals surface area contributed by atoms with Crippen LogP contribution < -0.4 is 0 Å². The maximum Gasteiger partial charge on any atom is 0.313 e. The third kappa shape index (κ3) is 6.64. The molecular formula is C21H35NO2. The first-order valence-electron chi connectivity index (χ1n) is 9.42. The molecule has 0 aliphatic carbocycles. The standard InChI is InChI=1S/C21H35NO2/c1-7-20(15-22(8-2)9-3)24-21(23)17(6)19-12-10-18(11-13-19)14-16(4)5/h10-13,16-17,20H,7-9,14-15H2,1-6H3. The summed E-state index contributed by atoms with van der Waals surface area (Å²) in [5.74, 6) is 0.304. The quantitative estimate of drug-likeness (QED) is 0.584. The molecule has 0 spiro atoms. The molecule has 0 aromatic heterocycles. The second kappa shape index (κ2) is 10.5. The van der Waals surface area contributed by atoms with E-state index in [0.29, 0.717) is 5.92 Å². The highest BCUT2D eigenvalue weighted by molar-refractivity contribution is 5.77. The van der Waals surface area contributed by atoms with Gasteiger partial charge in [0.1, 0.15) is 6.10 Å². The van der Waals surface area contributed by atoms with Gasteiger partial charge in [0, 0.05) is 6.54 Å². The fourth-order valence-electron chi connectivity index (χ4n) is 2.84. The summed E-state index contributed by atoms with van der Waals surface area (Å²) in [6.45, 7) is 15.5. The topological polar surface area (TPSA) is 29.5 Å². The maximum atomic E-state index is 12.5. The van der Waals surface area contributed by atoms with E-state index in [1.165, 1.54) is 5.56 Å². The molecule has 0 aliphatic rings. The summed E-state index contributed by atoms with van der Waals surface area (Å²) in [7, 11) is 0. The summed E-state index contributed by atoms with van der Waals surface area (Å²) < 4.78 is 5.76. The van der Waals surface area contributed by atoms with Gasteiger partial charge in [-0.05, 0) is 49.9 Å². The number of esters is 1. The molecule has 0 heterocycles. The van der Waals surface area contributed by atoms with Gasteiger partial charge < -0.3 is 9.64 Å². The van der Waals surface area contributed by atoms with Gasteiger partial charge in [-0.15, -0.1) is 0 Å². The Balaban J connectivity index is 2.65. The van der Waals surface area contributed by atoms with E-state index in [1.807, 2.05) is 6.92 Å². The number of carbonyl (C=O) groups excluding carboxylic acids is 1. The minimum Gasteiger partial charge on any atom is -0.461 e. The van der Waals surface area contributed by atoms with Gasteiger partial charge in [-0.1, -0.05) is 58.9 Å². The molecule has 1 rings (SSSR count). The van der Waals surface area contributed by atoms with Crippen molar-refractivity contribution in [3.05, 3.63) is 35.4 Å². The van der Waals surface area contributed by atoms with E-state index in [1.54, 1.807) is 0 Å². The van der Waals surface area contributed by atoms with Crippen molar-refractivity contribution >= 4 is 5.97 Å². The number of carbonyl (C=O) groups is 1. The molecule has 0 saturated heterocycles. The lowest BCUT2D eigenvalue weighted by molar-refractivity contribution is -0.151. The zero-order chi connectivity index (χ0) is 18.1. The predicted molar refractivity (Wildman–Crippen MR) is 101 cm³/mol. The Bertz CT molecular complexity index is 477. The molecule has 1 aromatic carbocycles. The maximum absolute atomic E-state index is 12.5. The van der Waals surface area contributed by atoms with Gasteiger partial charge in [0.05, 0.1) is 5.92 Å². The Morgan fingerprint density at radius 2 is 1.62 bits per heavy atom. The minimum absolute atomic E-state index is 0.0277. The van der Waals surface area contributed by atoms with Crippen molar-refractivity contribution in [2.24, 2.45) is 5.92 Å². The number of ether oxygens (including phenoxy) is 1. The number of rotatable bonds is 10. The van der Waals surface area contributed by atoms with Crippen LogP contribution in [-0.4, -0.2) is 36.6 Å². The average Bonchev–Trinajstić information content (AvgIpc) is 2.57. The van der Waals surface area contributed by atoms with Crippen LogP contribution in [-0.2, 0) is 16.0 Å². The molecule has 0 saturated carbocycles. The summed E-state index contributed by atoms with van der Waals surface area (Å²) in [6.07, 6.45) is 1.89. The number of hydrogen-bond acceptors (Lipinski definition) is 3. The van der Waals surface area contributed by atoms with Crippen LogP contribution in [0.4, 0.5) is 0 Å². The fourth-order valence-corrected chi connectivity index (χ4v) is 2.84. The van der Waals surface area contributed by atoms with Crippen molar-refractivity contribution < 1.29 is 9.53 Å². The van der Waals surface area contributed by atoms with Crippen LogP contribution in [0.15, 0.2) is 24.3 Å². The summed E-state index contributed by atoms with van der Waals surface area (Å²) in [4.78, 5) is 14.8.